The van der Waals surface area contributed by atoms with Gasteiger partial charge < -0.3 is 14.7 Å². The predicted octanol–water partition coefficient (Wildman–Crippen LogP) is 1.62. The summed E-state index contributed by atoms with van der Waals surface area (Å²) in [4.78, 5) is 31.9. The van der Waals surface area contributed by atoms with Gasteiger partial charge in [-0.15, -0.1) is 0 Å². The van der Waals surface area contributed by atoms with Crippen molar-refractivity contribution in [3.8, 4) is 0 Å². The van der Waals surface area contributed by atoms with E-state index in [4.69, 9.17) is 4.74 Å². The lowest BCUT2D eigenvalue weighted by atomic mass is 10.1. The number of carbonyl (C=O) groups excluding carboxylic acids is 1. The number of carboxylic acid groups (broad SMARTS) is 1. The van der Waals surface area contributed by atoms with E-state index in [1.807, 2.05) is 23.1 Å². The molecule has 1 aliphatic heterocycles. The molecule has 3 rings (SSSR count). The Bertz CT molecular complexity index is 785. The summed E-state index contributed by atoms with van der Waals surface area (Å²) in [5, 5.41) is 10.1. The molecule has 132 valence electrons. The summed E-state index contributed by atoms with van der Waals surface area (Å²) < 4.78 is 4.97. The van der Waals surface area contributed by atoms with Crippen LogP contribution < -0.4 is 4.90 Å². The van der Waals surface area contributed by atoms with Gasteiger partial charge in [-0.3, -0.25) is 9.69 Å². The number of rotatable bonds is 5. The monoisotopic (exact) mass is 343 g/mol. The smallest absolute Gasteiger partial charge is 0.336 e. The van der Waals surface area contributed by atoms with Crippen LogP contribution in [0, 0.1) is 0 Å². The first-order valence-corrected chi connectivity index (χ1v) is 8.34. The fourth-order valence-corrected chi connectivity index (χ4v) is 3.02. The molecule has 1 aliphatic rings. The molecule has 1 fully saturated rings. The zero-order valence-electron chi connectivity index (χ0n) is 14.1. The zero-order valence-corrected chi connectivity index (χ0v) is 14.1. The SMILES string of the molecule is CCOC(=O)CN1CCN(c2cc(C(=O)O)c3ccccc3n2)CC1. The van der Waals surface area contributed by atoms with Gasteiger partial charge in [0.15, 0.2) is 0 Å². The van der Waals surface area contributed by atoms with Crippen molar-refractivity contribution in [2.75, 3.05) is 44.2 Å². The second kappa shape index (κ2) is 7.48. The number of hydrogen-bond acceptors (Lipinski definition) is 6. The number of carbonyl (C=O) groups is 2. The lowest BCUT2D eigenvalue weighted by Gasteiger charge is -2.35. The van der Waals surface area contributed by atoms with Gasteiger partial charge in [-0.05, 0) is 19.1 Å². The molecule has 7 heteroatoms. The third-order valence-corrected chi connectivity index (χ3v) is 4.29. The van der Waals surface area contributed by atoms with Gasteiger partial charge in [0, 0.05) is 31.6 Å². The first kappa shape index (κ1) is 17.2. The quantitative estimate of drug-likeness (QED) is 0.826. The van der Waals surface area contributed by atoms with E-state index in [0.717, 1.165) is 0 Å². The molecule has 0 saturated carbocycles. The summed E-state index contributed by atoms with van der Waals surface area (Å²) in [7, 11) is 0. The maximum atomic E-state index is 11.6. The van der Waals surface area contributed by atoms with E-state index in [1.165, 1.54) is 0 Å². The van der Waals surface area contributed by atoms with Crippen LogP contribution in [0.5, 0.6) is 0 Å². The number of fused-ring (bicyclic) bond motifs is 1. The second-order valence-electron chi connectivity index (χ2n) is 5.92. The number of esters is 1. The Kier molecular flexibility index (Phi) is 5.14. The molecule has 0 unspecified atom stereocenters. The van der Waals surface area contributed by atoms with E-state index in [1.54, 1.807) is 19.1 Å². The van der Waals surface area contributed by atoms with E-state index in [9.17, 15) is 14.7 Å². The largest absolute Gasteiger partial charge is 0.478 e. The van der Waals surface area contributed by atoms with Crippen molar-refractivity contribution in [2.45, 2.75) is 6.92 Å². The molecule has 0 amide bonds. The molecule has 7 nitrogen and oxygen atoms in total. The molecule has 1 aromatic carbocycles. The topological polar surface area (TPSA) is 83.0 Å². The summed E-state index contributed by atoms with van der Waals surface area (Å²) in [6.07, 6.45) is 0. The second-order valence-corrected chi connectivity index (χ2v) is 5.92. The number of anilines is 1. The molecule has 1 saturated heterocycles. The minimum Gasteiger partial charge on any atom is -0.478 e. The van der Waals surface area contributed by atoms with Crippen LogP contribution in [-0.2, 0) is 9.53 Å². The standard InChI is InChI=1S/C18H21N3O4/c1-2-25-17(22)12-20-7-9-21(10-8-20)16-11-14(18(23)24)13-5-3-4-6-15(13)19-16/h3-6,11H,2,7-10,12H2,1H3,(H,23,24). The number of aromatic nitrogens is 1. The average molecular weight is 343 g/mol. The molecule has 25 heavy (non-hydrogen) atoms. The van der Waals surface area contributed by atoms with Gasteiger partial charge in [0.05, 0.1) is 24.2 Å². The molecule has 2 aromatic rings. The minimum absolute atomic E-state index is 0.215. The third-order valence-electron chi connectivity index (χ3n) is 4.29. The normalized spacial score (nSPS) is 15.3. The Labute approximate surface area is 145 Å². The van der Waals surface area contributed by atoms with Gasteiger partial charge in [-0.2, -0.15) is 0 Å². The van der Waals surface area contributed by atoms with Crippen LogP contribution in [0.4, 0.5) is 5.82 Å². The Morgan fingerprint density at radius 3 is 2.60 bits per heavy atom. The Morgan fingerprint density at radius 2 is 1.92 bits per heavy atom. The van der Waals surface area contributed by atoms with E-state index >= 15 is 0 Å². The molecule has 1 N–H and O–H groups in total. The molecule has 0 radical (unpaired) electrons. The number of pyridine rings is 1. The molecular formula is C18H21N3O4. The van der Waals surface area contributed by atoms with Crippen molar-refractivity contribution in [1.29, 1.82) is 0 Å². The number of aromatic carboxylic acids is 1. The van der Waals surface area contributed by atoms with Crippen molar-refractivity contribution in [1.82, 2.24) is 9.88 Å². The fraction of sp³-hybridized carbons (Fsp3) is 0.389. The minimum atomic E-state index is -0.958. The number of nitrogens with zero attached hydrogens (tertiary/aromatic N) is 3. The molecule has 2 heterocycles. The number of hydrogen-bond donors (Lipinski definition) is 1. The van der Waals surface area contributed by atoms with Crippen molar-refractivity contribution < 1.29 is 19.4 Å². The molecule has 0 bridgehead atoms. The Morgan fingerprint density at radius 1 is 1.20 bits per heavy atom. The van der Waals surface area contributed by atoms with Crippen molar-refractivity contribution >= 4 is 28.7 Å². The van der Waals surface area contributed by atoms with Crippen LogP contribution in [-0.4, -0.2) is 66.3 Å². The summed E-state index contributed by atoms with van der Waals surface area (Å²) in [6.45, 7) is 5.24. The number of benzene rings is 1. The molecular weight excluding hydrogens is 322 g/mol. The van der Waals surface area contributed by atoms with Crippen LogP contribution in [0.3, 0.4) is 0 Å². The Balaban J connectivity index is 1.75. The van der Waals surface area contributed by atoms with Crippen molar-refractivity contribution in [3.05, 3.63) is 35.9 Å². The number of piperazine rings is 1. The number of para-hydroxylation sites is 1. The van der Waals surface area contributed by atoms with E-state index in [0.29, 0.717) is 49.5 Å². The van der Waals surface area contributed by atoms with Crippen molar-refractivity contribution in [2.24, 2.45) is 0 Å². The number of carboxylic acids is 1. The predicted molar refractivity (Wildman–Crippen MR) is 94.0 cm³/mol. The summed E-state index contributed by atoms with van der Waals surface area (Å²) in [5.41, 5.74) is 0.931. The lowest BCUT2D eigenvalue weighted by molar-refractivity contribution is -0.144. The van der Waals surface area contributed by atoms with Gasteiger partial charge in [0.25, 0.3) is 0 Å². The van der Waals surface area contributed by atoms with E-state index in [2.05, 4.69) is 9.88 Å². The van der Waals surface area contributed by atoms with Crippen LogP contribution in [0.25, 0.3) is 10.9 Å². The van der Waals surface area contributed by atoms with Gasteiger partial charge in [-0.1, -0.05) is 18.2 Å². The van der Waals surface area contributed by atoms with Crippen LogP contribution >= 0.6 is 0 Å². The maximum Gasteiger partial charge on any atom is 0.336 e. The van der Waals surface area contributed by atoms with Gasteiger partial charge >= 0.3 is 11.9 Å². The van der Waals surface area contributed by atoms with Crippen LogP contribution in [0.2, 0.25) is 0 Å². The third kappa shape index (κ3) is 3.88. The number of ether oxygens (including phenoxy) is 1. The van der Waals surface area contributed by atoms with E-state index < -0.39 is 5.97 Å². The first-order valence-electron chi connectivity index (χ1n) is 8.34. The van der Waals surface area contributed by atoms with Gasteiger partial charge in [-0.25, -0.2) is 9.78 Å². The average Bonchev–Trinajstić information content (AvgIpc) is 2.61. The molecule has 0 atom stereocenters. The van der Waals surface area contributed by atoms with Gasteiger partial charge in [0.2, 0.25) is 0 Å². The van der Waals surface area contributed by atoms with Crippen LogP contribution in [0.15, 0.2) is 30.3 Å². The van der Waals surface area contributed by atoms with Crippen molar-refractivity contribution in [3.63, 3.8) is 0 Å². The summed E-state index contributed by atoms with van der Waals surface area (Å²) in [5.74, 6) is -0.513. The highest BCUT2D eigenvalue weighted by atomic mass is 16.5. The zero-order chi connectivity index (χ0) is 17.8. The molecule has 0 spiro atoms. The highest BCUT2D eigenvalue weighted by Crippen LogP contribution is 2.24. The Hall–Kier alpha value is -2.67. The molecule has 1 aromatic heterocycles. The highest BCUT2D eigenvalue weighted by molar-refractivity contribution is 6.03. The fourth-order valence-electron chi connectivity index (χ4n) is 3.02. The summed E-state index contributed by atoms with van der Waals surface area (Å²) >= 11 is 0. The first-order chi connectivity index (χ1) is 12.1. The van der Waals surface area contributed by atoms with Crippen LogP contribution in [0.1, 0.15) is 17.3 Å². The molecule has 0 aliphatic carbocycles. The maximum absolute atomic E-state index is 11.6. The van der Waals surface area contributed by atoms with Gasteiger partial charge in [0.1, 0.15) is 5.82 Å². The highest BCUT2D eigenvalue weighted by Gasteiger charge is 2.22. The summed E-state index contributed by atoms with van der Waals surface area (Å²) in [6, 6.07) is 8.88. The van der Waals surface area contributed by atoms with E-state index in [-0.39, 0.29) is 18.1 Å². The lowest BCUT2D eigenvalue weighted by Crippen LogP contribution is -2.48.